The number of hydrogen-bond acceptors (Lipinski definition) is 2. The van der Waals surface area contributed by atoms with Gasteiger partial charge in [-0.2, -0.15) is 0 Å². The van der Waals surface area contributed by atoms with Gasteiger partial charge in [0, 0.05) is 11.6 Å². The zero-order valence-electron chi connectivity index (χ0n) is 13.7. The molecule has 1 unspecified atom stereocenters. The summed E-state index contributed by atoms with van der Waals surface area (Å²) >= 11 is 0. The first-order chi connectivity index (χ1) is 9.88. The molecule has 0 amide bonds. The van der Waals surface area contributed by atoms with E-state index in [1.165, 1.54) is 27.8 Å². The van der Waals surface area contributed by atoms with E-state index in [-0.39, 0.29) is 6.04 Å². The number of aryl methyl sites for hydroxylation is 4. The van der Waals surface area contributed by atoms with Crippen LogP contribution in [0.3, 0.4) is 0 Å². The van der Waals surface area contributed by atoms with Gasteiger partial charge in [0.1, 0.15) is 12.4 Å². The molecular weight excluding hydrogens is 258 g/mol. The van der Waals surface area contributed by atoms with E-state index >= 15 is 0 Å². The molecule has 0 saturated heterocycles. The van der Waals surface area contributed by atoms with Crippen LogP contribution in [0, 0.1) is 27.7 Å². The molecule has 2 N–H and O–H groups in total. The summed E-state index contributed by atoms with van der Waals surface area (Å²) in [6.07, 6.45) is 0. The first kappa shape index (κ1) is 15.6. The van der Waals surface area contributed by atoms with E-state index < -0.39 is 0 Å². The number of rotatable bonds is 4. The molecule has 1 atom stereocenters. The predicted octanol–water partition coefficient (Wildman–Crippen LogP) is 4.52. The molecule has 0 bridgehead atoms. The van der Waals surface area contributed by atoms with Gasteiger partial charge in [-0.1, -0.05) is 35.4 Å². The van der Waals surface area contributed by atoms with Crippen LogP contribution < -0.4 is 10.5 Å². The molecule has 0 aliphatic carbocycles. The van der Waals surface area contributed by atoms with Crippen molar-refractivity contribution in [3.63, 3.8) is 0 Å². The van der Waals surface area contributed by atoms with Crippen molar-refractivity contribution in [3.05, 3.63) is 63.7 Å². The molecule has 0 aromatic heterocycles. The second kappa shape index (κ2) is 6.31. The first-order valence-electron chi connectivity index (χ1n) is 7.44. The Balaban J connectivity index is 2.25. The van der Waals surface area contributed by atoms with Crippen molar-refractivity contribution in [2.75, 3.05) is 0 Å². The Morgan fingerprint density at radius 1 is 0.952 bits per heavy atom. The van der Waals surface area contributed by atoms with Gasteiger partial charge >= 0.3 is 0 Å². The Kier molecular flexibility index (Phi) is 4.69. The third-order valence-corrected chi connectivity index (χ3v) is 3.87. The van der Waals surface area contributed by atoms with Crippen molar-refractivity contribution in [1.82, 2.24) is 0 Å². The van der Waals surface area contributed by atoms with Crippen LogP contribution in [0.5, 0.6) is 5.75 Å². The lowest BCUT2D eigenvalue weighted by atomic mass is 10.0. The quantitative estimate of drug-likeness (QED) is 0.895. The van der Waals surface area contributed by atoms with Crippen molar-refractivity contribution in [1.29, 1.82) is 0 Å². The summed E-state index contributed by atoms with van der Waals surface area (Å²) in [5, 5.41) is 0. The lowest BCUT2D eigenvalue weighted by molar-refractivity contribution is 0.300. The van der Waals surface area contributed by atoms with Crippen molar-refractivity contribution >= 4 is 0 Å². The third-order valence-electron chi connectivity index (χ3n) is 3.87. The highest BCUT2D eigenvalue weighted by Crippen LogP contribution is 2.27. The molecule has 2 aromatic carbocycles. The average Bonchev–Trinajstić information content (AvgIpc) is 2.38. The zero-order chi connectivity index (χ0) is 15.6. The van der Waals surface area contributed by atoms with Gasteiger partial charge in [0.25, 0.3) is 0 Å². The van der Waals surface area contributed by atoms with Gasteiger partial charge in [0.05, 0.1) is 0 Å². The number of ether oxygens (including phenoxy) is 1. The molecule has 21 heavy (non-hydrogen) atoms. The molecule has 0 aliphatic heterocycles. The lowest BCUT2D eigenvalue weighted by Gasteiger charge is -2.17. The highest BCUT2D eigenvalue weighted by molar-refractivity contribution is 5.40. The second-order valence-electron chi connectivity index (χ2n) is 6.00. The SMILES string of the molecule is Cc1cc(C)c(COc2ccc(C)cc2C(C)N)c(C)c1. The van der Waals surface area contributed by atoms with E-state index in [2.05, 4.69) is 52.0 Å². The van der Waals surface area contributed by atoms with Gasteiger partial charge in [0.15, 0.2) is 0 Å². The topological polar surface area (TPSA) is 35.2 Å². The molecule has 2 rings (SSSR count). The fraction of sp³-hybridized carbons (Fsp3) is 0.368. The van der Waals surface area contributed by atoms with Gasteiger partial charge in [-0.05, 0) is 57.4 Å². The zero-order valence-corrected chi connectivity index (χ0v) is 13.7. The van der Waals surface area contributed by atoms with Gasteiger partial charge in [-0.25, -0.2) is 0 Å². The monoisotopic (exact) mass is 283 g/mol. The normalized spacial score (nSPS) is 12.3. The Labute approximate surface area is 127 Å². The summed E-state index contributed by atoms with van der Waals surface area (Å²) in [6.45, 7) is 11.0. The minimum Gasteiger partial charge on any atom is -0.489 e. The van der Waals surface area contributed by atoms with Crippen LogP contribution >= 0.6 is 0 Å². The van der Waals surface area contributed by atoms with Crippen LogP contribution in [0.15, 0.2) is 30.3 Å². The van der Waals surface area contributed by atoms with Gasteiger partial charge in [-0.3, -0.25) is 0 Å². The fourth-order valence-corrected chi connectivity index (χ4v) is 2.74. The molecular formula is C19H25NO. The molecule has 0 radical (unpaired) electrons. The summed E-state index contributed by atoms with van der Waals surface area (Å²) < 4.78 is 6.06. The van der Waals surface area contributed by atoms with E-state index in [4.69, 9.17) is 10.5 Å². The lowest BCUT2D eigenvalue weighted by Crippen LogP contribution is -2.09. The molecule has 0 spiro atoms. The molecule has 2 nitrogen and oxygen atoms in total. The van der Waals surface area contributed by atoms with E-state index in [0.717, 1.165) is 11.3 Å². The predicted molar refractivity (Wildman–Crippen MR) is 88.8 cm³/mol. The smallest absolute Gasteiger partial charge is 0.124 e. The molecule has 0 saturated carbocycles. The van der Waals surface area contributed by atoms with Crippen LogP contribution in [-0.2, 0) is 6.61 Å². The van der Waals surface area contributed by atoms with E-state index in [1.54, 1.807) is 0 Å². The van der Waals surface area contributed by atoms with Gasteiger partial charge in [-0.15, -0.1) is 0 Å². The Bertz CT molecular complexity index is 621. The van der Waals surface area contributed by atoms with Gasteiger partial charge in [0.2, 0.25) is 0 Å². The maximum absolute atomic E-state index is 6.06. The highest BCUT2D eigenvalue weighted by atomic mass is 16.5. The summed E-state index contributed by atoms with van der Waals surface area (Å²) in [5.74, 6) is 0.884. The summed E-state index contributed by atoms with van der Waals surface area (Å²) in [4.78, 5) is 0. The standard InChI is InChI=1S/C19H25NO/c1-12-6-7-19(17(10-12)16(5)20)21-11-18-14(3)8-13(2)9-15(18)4/h6-10,16H,11,20H2,1-5H3. The van der Waals surface area contributed by atoms with Crippen molar-refractivity contribution in [2.24, 2.45) is 5.73 Å². The minimum absolute atomic E-state index is 0.0277. The third kappa shape index (κ3) is 3.64. The summed E-state index contributed by atoms with van der Waals surface area (Å²) in [6, 6.07) is 10.6. The molecule has 0 aliphatic rings. The first-order valence-corrected chi connectivity index (χ1v) is 7.44. The van der Waals surface area contributed by atoms with Crippen LogP contribution in [0.25, 0.3) is 0 Å². The highest BCUT2D eigenvalue weighted by Gasteiger charge is 2.10. The van der Waals surface area contributed by atoms with E-state index in [9.17, 15) is 0 Å². The van der Waals surface area contributed by atoms with Crippen LogP contribution in [0.1, 0.15) is 46.3 Å². The maximum Gasteiger partial charge on any atom is 0.124 e. The minimum atomic E-state index is -0.0277. The summed E-state index contributed by atoms with van der Waals surface area (Å²) in [7, 11) is 0. The second-order valence-corrected chi connectivity index (χ2v) is 6.00. The van der Waals surface area contributed by atoms with Crippen molar-refractivity contribution < 1.29 is 4.74 Å². The average molecular weight is 283 g/mol. The number of hydrogen-bond donors (Lipinski definition) is 1. The van der Waals surface area contributed by atoms with E-state index in [0.29, 0.717) is 6.61 Å². The van der Waals surface area contributed by atoms with Crippen molar-refractivity contribution in [3.8, 4) is 5.75 Å². The maximum atomic E-state index is 6.06. The van der Waals surface area contributed by atoms with Crippen molar-refractivity contribution in [2.45, 2.75) is 47.3 Å². The summed E-state index contributed by atoms with van der Waals surface area (Å²) in [5.41, 5.74) is 13.4. The number of nitrogens with two attached hydrogens (primary N) is 1. The Morgan fingerprint density at radius 2 is 1.57 bits per heavy atom. The van der Waals surface area contributed by atoms with Crippen LogP contribution in [-0.4, -0.2) is 0 Å². The largest absolute Gasteiger partial charge is 0.489 e. The Morgan fingerprint density at radius 3 is 2.14 bits per heavy atom. The van der Waals surface area contributed by atoms with Gasteiger partial charge < -0.3 is 10.5 Å². The molecule has 2 heteroatoms. The molecule has 0 fully saturated rings. The van der Waals surface area contributed by atoms with Crippen LogP contribution in [0.2, 0.25) is 0 Å². The molecule has 112 valence electrons. The van der Waals surface area contributed by atoms with Crippen LogP contribution in [0.4, 0.5) is 0 Å². The Hall–Kier alpha value is -1.80. The molecule has 0 heterocycles. The fourth-order valence-electron chi connectivity index (χ4n) is 2.74. The molecule has 2 aromatic rings. The van der Waals surface area contributed by atoms with E-state index in [1.807, 2.05) is 13.0 Å². The number of benzene rings is 2.